The molecule has 0 bridgehead atoms. The predicted octanol–water partition coefficient (Wildman–Crippen LogP) is 4.04. The molecule has 0 saturated carbocycles. The Bertz CT molecular complexity index is 780. The van der Waals surface area contributed by atoms with Gasteiger partial charge in [0.1, 0.15) is 0 Å². The van der Waals surface area contributed by atoms with E-state index in [1.807, 2.05) is 0 Å². The highest BCUT2D eigenvalue weighted by Crippen LogP contribution is 2.31. The maximum absolute atomic E-state index is 5.47. The van der Waals surface area contributed by atoms with E-state index in [4.69, 9.17) is 9.47 Å². The van der Waals surface area contributed by atoms with Crippen LogP contribution in [0.25, 0.3) is 5.57 Å². The normalized spacial score (nSPS) is 17.6. The Kier molecular flexibility index (Phi) is 5.69. The molecule has 2 aromatic carbocycles. The van der Waals surface area contributed by atoms with Gasteiger partial charge in [-0.25, -0.2) is 0 Å². The molecule has 0 aliphatic carbocycles. The van der Waals surface area contributed by atoms with Gasteiger partial charge in [-0.05, 0) is 65.9 Å². The minimum atomic E-state index is 0.808. The van der Waals surface area contributed by atoms with Crippen LogP contribution in [-0.2, 0) is 9.47 Å². The first-order chi connectivity index (χ1) is 13.6. The van der Waals surface area contributed by atoms with Crippen LogP contribution in [0.5, 0.6) is 0 Å². The first-order valence-electron chi connectivity index (χ1n) is 10.2. The van der Waals surface area contributed by atoms with Crippen molar-refractivity contribution >= 4 is 16.9 Å². The minimum Gasteiger partial charge on any atom is -0.378 e. The Hall–Kier alpha value is -2.30. The maximum atomic E-state index is 5.47. The molecule has 148 valence electrons. The Morgan fingerprint density at radius 1 is 0.714 bits per heavy atom. The van der Waals surface area contributed by atoms with Crippen LogP contribution in [0.4, 0.5) is 11.4 Å². The van der Waals surface area contributed by atoms with Gasteiger partial charge in [0, 0.05) is 37.6 Å². The van der Waals surface area contributed by atoms with E-state index >= 15 is 0 Å². The first kappa shape index (κ1) is 19.0. The lowest BCUT2D eigenvalue weighted by molar-refractivity contribution is 0.122. The molecule has 28 heavy (non-hydrogen) atoms. The fourth-order valence-electron chi connectivity index (χ4n) is 4.15. The number of rotatable bonds is 4. The average molecular weight is 379 g/mol. The third kappa shape index (κ3) is 3.94. The van der Waals surface area contributed by atoms with Crippen molar-refractivity contribution in [2.45, 2.75) is 13.8 Å². The van der Waals surface area contributed by atoms with Gasteiger partial charge < -0.3 is 19.3 Å². The smallest absolute Gasteiger partial charge is 0.0642 e. The molecule has 4 heteroatoms. The number of nitrogens with zero attached hydrogens (tertiary/aromatic N) is 2. The summed E-state index contributed by atoms with van der Waals surface area (Å²) in [5.74, 6) is 0. The van der Waals surface area contributed by atoms with Crippen molar-refractivity contribution < 1.29 is 9.47 Å². The highest BCUT2D eigenvalue weighted by Gasteiger charge is 2.16. The summed E-state index contributed by atoms with van der Waals surface area (Å²) in [6, 6.07) is 13.4. The van der Waals surface area contributed by atoms with E-state index < -0.39 is 0 Å². The lowest BCUT2D eigenvalue weighted by Gasteiger charge is -2.30. The third-order valence-corrected chi connectivity index (χ3v) is 5.82. The molecule has 2 aromatic rings. The number of aryl methyl sites for hydroxylation is 2. The molecule has 4 rings (SSSR count). The van der Waals surface area contributed by atoms with Crippen LogP contribution in [0.3, 0.4) is 0 Å². The molecular weight excluding hydrogens is 348 g/mol. The molecule has 0 spiro atoms. The lowest BCUT2D eigenvalue weighted by atomic mass is 9.92. The molecule has 0 aromatic heterocycles. The average Bonchev–Trinajstić information content (AvgIpc) is 2.74. The van der Waals surface area contributed by atoms with Gasteiger partial charge in [-0.3, -0.25) is 0 Å². The topological polar surface area (TPSA) is 24.9 Å². The largest absolute Gasteiger partial charge is 0.378 e. The zero-order valence-corrected chi connectivity index (χ0v) is 17.0. The maximum Gasteiger partial charge on any atom is 0.0642 e. The summed E-state index contributed by atoms with van der Waals surface area (Å²) in [7, 11) is 0. The van der Waals surface area contributed by atoms with Crippen LogP contribution in [0.15, 0.2) is 43.0 Å². The number of morpholine rings is 2. The van der Waals surface area contributed by atoms with Gasteiger partial charge in [-0.2, -0.15) is 0 Å². The summed E-state index contributed by atoms with van der Waals surface area (Å²) in [6.45, 7) is 15.9. The summed E-state index contributed by atoms with van der Waals surface area (Å²) in [5.41, 5.74) is 8.63. The number of hydrogen-bond donors (Lipinski definition) is 0. The highest BCUT2D eigenvalue weighted by molar-refractivity contribution is 5.83. The minimum absolute atomic E-state index is 0.808. The van der Waals surface area contributed by atoms with Crippen molar-refractivity contribution in [3.8, 4) is 0 Å². The molecule has 2 heterocycles. The number of ether oxygens (including phenoxy) is 2. The zero-order chi connectivity index (χ0) is 19.5. The molecule has 0 unspecified atom stereocenters. The molecule has 2 fully saturated rings. The second kappa shape index (κ2) is 8.38. The van der Waals surface area contributed by atoms with Crippen LogP contribution in [0.2, 0.25) is 0 Å². The molecular formula is C24H30N2O2. The number of hydrogen-bond acceptors (Lipinski definition) is 4. The molecule has 0 atom stereocenters. The van der Waals surface area contributed by atoms with Crippen molar-refractivity contribution in [3.05, 3.63) is 65.2 Å². The van der Waals surface area contributed by atoms with Crippen molar-refractivity contribution in [2.75, 3.05) is 62.4 Å². The van der Waals surface area contributed by atoms with Crippen LogP contribution in [-0.4, -0.2) is 52.6 Å². The summed E-state index contributed by atoms with van der Waals surface area (Å²) in [4.78, 5) is 4.79. The molecule has 4 nitrogen and oxygen atoms in total. The van der Waals surface area contributed by atoms with Gasteiger partial charge in [0.15, 0.2) is 0 Å². The summed E-state index contributed by atoms with van der Waals surface area (Å²) >= 11 is 0. The van der Waals surface area contributed by atoms with Gasteiger partial charge >= 0.3 is 0 Å². The van der Waals surface area contributed by atoms with E-state index in [0.29, 0.717) is 0 Å². The monoisotopic (exact) mass is 378 g/mol. The van der Waals surface area contributed by atoms with Gasteiger partial charge in [0.05, 0.1) is 26.4 Å². The van der Waals surface area contributed by atoms with Crippen molar-refractivity contribution in [1.29, 1.82) is 0 Å². The van der Waals surface area contributed by atoms with E-state index in [-0.39, 0.29) is 0 Å². The van der Waals surface area contributed by atoms with E-state index in [0.717, 1.165) is 58.2 Å². The summed E-state index contributed by atoms with van der Waals surface area (Å²) in [5, 5.41) is 0. The van der Waals surface area contributed by atoms with Crippen molar-refractivity contribution in [1.82, 2.24) is 0 Å². The lowest BCUT2D eigenvalue weighted by Crippen LogP contribution is -2.36. The molecule has 0 N–H and O–H groups in total. The van der Waals surface area contributed by atoms with E-state index in [2.05, 4.69) is 66.6 Å². The Morgan fingerprint density at radius 2 is 1.11 bits per heavy atom. The fraction of sp³-hybridized carbons (Fsp3) is 0.417. The number of benzene rings is 2. The van der Waals surface area contributed by atoms with Gasteiger partial charge in [-0.1, -0.05) is 18.7 Å². The van der Waals surface area contributed by atoms with Crippen LogP contribution in [0, 0.1) is 13.8 Å². The Labute approximate surface area is 168 Å². The molecule has 2 saturated heterocycles. The summed E-state index contributed by atoms with van der Waals surface area (Å²) < 4.78 is 10.9. The zero-order valence-electron chi connectivity index (χ0n) is 17.0. The molecule has 0 amide bonds. The van der Waals surface area contributed by atoms with Crippen LogP contribution < -0.4 is 9.80 Å². The SMILES string of the molecule is C=C(c1ccc(N2CCOCC2)cc1C)c1ccc(N2CCOCC2)cc1C. The molecule has 2 aliphatic heterocycles. The third-order valence-electron chi connectivity index (χ3n) is 5.82. The van der Waals surface area contributed by atoms with E-state index in [1.54, 1.807) is 0 Å². The van der Waals surface area contributed by atoms with Crippen molar-refractivity contribution in [2.24, 2.45) is 0 Å². The van der Waals surface area contributed by atoms with Crippen molar-refractivity contribution in [3.63, 3.8) is 0 Å². The highest BCUT2D eigenvalue weighted by atomic mass is 16.5. The fourth-order valence-corrected chi connectivity index (χ4v) is 4.15. The second-order valence-electron chi connectivity index (χ2n) is 7.68. The molecule has 0 radical (unpaired) electrons. The van der Waals surface area contributed by atoms with Crippen LogP contribution >= 0.6 is 0 Å². The summed E-state index contributed by atoms with van der Waals surface area (Å²) in [6.07, 6.45) is 0. The second-order valence-corrected chi connectivity index (χ2v) is 7.68. The van der Waals surface area contributed by atoms with Gasteiger partial charge in [-0.15, -0.1) is 0 Å². The Balaban J connectivity index is 1.55. The van der Waals surface area contributed by atoms with E-state index in [1.165, 1.54) is 33.6 Å². The molecule has 2 aliphatic rings. The first-order valence-corrected chi connectivity index (χ1v) is 10.2. The standard InChI is InChI=1S/C24H30N2O2/c1-18-16-21(25-8-12-27-13-9-25)4-6-23(18)20(3)24-7-5-22(17-19(24)2)26-10-14-28-15-11-26/h4-7,16-17H,3,8-15H2,1-2H3. The van der Waals surface area contributed by atoms with E-state index in [9.17, 15) is 0 Å². The predicted molar refractivity (Wildman–Crippen MR) is 117 cm³/mol. The number of anilines is 2. The quantitative estimate of drug-likeness (QED) is 0.802. The van der Waals surface area contributed by atoms with Gasteiger partial charge in [0.2, 0.25) is 0 Å². The Morgan fingerprint density at radius 3 is 1.46 bits per heavy atom. The van der Waals surface area contributed by atoms with Crippen LogP contribution in [0.1, 0.15) is 22.3 Å². The van der Waals surface area contributed by atoms with Gasteiger partial charge in [0.25, 0.3) is 0 Å².